The molecule has 2 heterocycles. The van der Waals surface area contributed by atoms with Crippen molar-refractivity contribution in [3.63, 3.8) is 0 Å². The van der Waals surface area contributed by atoms with Crippen LogP contribution in [0.4, 0.5) is 4.39 Å². The van der Waals surface area contributed by atoms with Crippen LogP contribution in [0.5, 0.6) is 0 Å². The maximum absolute atomic E-state index is 13.8. The van der Waals surface area contributed by atoms with E-state index in [0.29, 0.717) is 29.9 Å². The van der Waals surface area contributed by atoms with Crippen LogP contribution >= 0.6 is 24.0 Å². The minimum absolute atomic E-state index is 0. The molecule has 3 rings (SSSR count). The van der Waals surface area contributed by atoms with Gasteiger partial charge in [-0.1, -0.05) is 11.6 Å². The van der Waals surface area contributed by atoms with Gasteiger partial charge in [0.05, 0.1) is 5.56 Å². The molecule has 0 aromatic heterocycles. The lowest BCUT2D eigenvalue weighted by atomic mass is 9.92. The second-order valence-corrected chi connectivity index (χ2v) is 6.11. The van der Waals surface area contributed by atoms with Gasteiger partial charge in [0.2, 0.25) is 0 Å². The number of hydrogen-bond acceptors (Lipinski definition) is 2. The van der Waals surface area contributed by atoms with Crippen molar-refractivity contribution in [2.45, 2.75) is 12.8 Å². The molecule has 1 aromatic carbocycles. The van der Waals surface area contributed by atoms with Gasteiger partial charge in [-0.2, -0.15) is 0 Å². The van der Waals surface area contributed by atoms with Gasteiger partial charge in [0.25, 0.3) is 5.91 Å². The summed E-state index contributed by atoms with van der Waals surface area (Å²) in [6.45, 7) is 3.48. The molecule has 0 aliphatic carbocycles. The SMILES string of the molecule is Cl.O=C(c1cc(Cl)ccc1F)N1CC[C@@H]2CNC[C@@H]2CC1. The molecule has 0 saturated carbocycles. The minimum atomic E-state index is -0.495. The summed E-state index contributed by atoms with van der Waals surface area (Å²) < 4.78 is 13.8. The Morgan fingerprint density at radius 1 is 1.24 bits per heavy atom. The van der Waals surface area contributed by atoms with E-state index >= 15 is 0 Å². The van der Waals surface area contributed by atoms with Gasteiger partial charge in [-0.25, -0.2) is 4.39 Å². The summed E-state index contributed by atoms with van der Waals surface area (Å²) >= 11 is 5.86. The van der Waals surface area contributed by atoms with Gasteiger partial charge >= 0.3 is 0 Å². The fraction of sp³-hybridized carbons (Fsp3) is 0.533. The van der Waals surface area contributed by atoms with Crippen molar-refractivity contribution in [1.29, 1.82) is 0 Å². The lowest BCUT2D eigenvalue weighted by molar-refractivity contribution is 0.0754. The van der Waals surface area contributed by atoms with Crippen LogP contribution < -0.4 is 5.32 Å². The molecular weight excluding hydrogens is 314 g/mol. The molecule has 116 valence electrons. The molecule has 2 aliphatic rings. The summed E-state index contributed by atoms with van der Waals surface area (Å²) in [5.74, 6) is 0.567. The Hall–Kier alpha value is -0.840. The number of benzene rings is 1. The quantitative estimate of drug-likeness (QED) is 0.857. The number of nitrogens with zero attached hydrogens (tertiary/aromatic N) is 1. The number of nitrogens with one attached hydrogen (secondary N) is 1. The van der Waals surface area contributed by atoms with Crippen LogP contribution in [0.3, 0.4) is 0 Å². The number of halogens is 3. The molecule has 1 aromatic rings. The second kappa shape index (κ2) is 6.95. The smallest absolute Gasteiger partial charge is 0.256 e. The van der Waals surface area contributed by atoms with Gasteiger partial charge in [-0.3, -0.25) is 4.79 Å². The first-order chi connectivity index (χ1) is 9.65. The molecule has 6 heteroatoms. The highest BCUT2D eigenvalue weighted by Crippen LogP contribution is 2.28. The first-order valence-electron chi connectivity index (χ1n) is 7.10. The first kappa shape index (κ1) is 16.5. The number of hydrogen-bond donors (Lipinski definition) is 1. The fourth-order valence-electron chi connectivity index (χ4n) is 3.25. The number of rotatable bonds is 1. The number of likely N-dealkylation sites (tertiary alicyclic amines) is 1. The molecule has 0 radical (unpaired) electrons. The number of amides is 1. The third kappa shape index (κ3) is 3.50. The van der Waals surface area contributed by atoms with Crippen molar-refractivity contribution in [1.82, 2.24) is 10.2 Å². The summed E-state index contributed by atoms with van der Waals surface area (Å²) in [4.78, 5) is 14.2. The summed E-state index contributed by atoms with van der Waals surface area (Å²) in [6.07, 6.45) is 1.98. The van der Waals surface area contributed by atoms with E-state index in [1.54, 1.807) is 4.90 Å². The Morgan fingerprint density at radius 3 is 2.48 bits per heavy atom. The van der Waals surface area contributed by atoms with Gasteiger partial charge in [0.1, 0.15) is 5.82 Å². The molecule has 2 saturated heterocycles. The van der Waals surface area contributed by atoms with Crippen molar-refractivity contribution in [2.75, 3.05) is 26.2 Å². The van der Waals surface area contributed by atoms with Gasteiger partial charge < -0.3 is 10.2 Å². The van der Waals surface area contributed by atoms with E-state index in [-0.39, 0.29) is 23.9 Å². The van der Waals surface area contributed by atoms with Gasteiger partial charge in [-0.15, -0.1) is 12.4 Å². The average Bonchev–Trinajstić information content (AvgIpc) is 2.80. The topological polar surface area (TPSA) is 32.3 Å². The van der Waals surface area contributed by atoms with Crippen LogP contribution in [0.1, 0.15) is 23.2 Å². The molecule has 1 amide bonds. The molecule has 1 N–H and O–H groups in total. The highest BCUT2D eigenvalue weighted by Gasteiger charge is 2.32. The van der Waals surface area contributed by atoms with E-state index < -0.39 is 5.82 Å². The zero-order chi connectivity index (χ0) is 14.1. The van der Waals surface area contributed by atoms with Gasteiger partial charge in [0.15, 0.2) is 0 Å². The Morgan fingerprint density at radius 2 is 1.86 bits per heavy atom. The van der Waals surface area contributed by atoms with E-state index in [9.17, 15) is 9.18 Å². The van der Waals surface area contributed by atoms with Crippen LogP contribution in [-0.4, -0.2) is 37.0 Å². The monoisotopic (exact) mass is 332 g/mol. The third-order valence-corrected chi connectivity index (χ3v) is 4.70. The predicted molar refractivity (Wildman–Crippen MR) is 83.6 cm³/mol. The largest absolute Gasteiger partial charge is 0.339 e. The zero-order valence-electron chi connectivity index (χ0n) is 11.6. The van der Waals surface area contributed by atoms with Crippen LogP contribution in [0.2, 0.25) is 5.02 Å². The third-order valence-electron chi connectivity index (χ3n) is 4.47. The number of carbonyl (C=O) groups is 1. The molecule has 0 unspecified atom stereocenters. The van der Waals surface area contributed by atoms with E-state index in [1.165, 1.54) is 18.2 Å². The van der Waals surface area contributed by atoms with Crippen LogP contribution in [0, 0.1) is 17.7 Å². The van der Waals surface area contributed by atoms with Crippen molar-refractivity contribution < 1.29 is 9.18 Å². The first-order valence-corrected chi connectivity index (χ1v) is 7.48. The Bertz CT molecular complexity index is 512. The van der Waals surface area contributed by atoms with Crippen LogP contribution in [0.25, 0.3) is 0 Å². The van der Waals surface area contributed by atoms with Crippen molar-refractivity contribution in [3.8, 4) is 0 Å². The Kier molecular flexibility index (Phi) is 5.47. The highest BCUT2D eigenvalue weighted by molar-refractivity contribution is 6.31. The van der Waals surface area contributed by atoms with Crippen molar-refractivity contribution in [2.24, 2.45) is 11.8 Å². The standard InChI is InChI=1S/C15H18ClFN2O.ClH/c16-12-1-2-14(17)13(7-12)15(20)19-5-3-10-8-18-9-11(10)4-6-19;/h1-2,7,10-11,18H,3-6,8-9H2;1H/t10-,11+;. The normalized spacial score (nSPS) is 25.0. The van der Waals surface area contributed by atoms with E-state index in [4.69, 9.17) is 11.6 Å². The highest BCUT2D eigenvalue weighted by atomic mass is 35.5. The Balaban J connectivity index is 0.00000161. The summed E-state index contributed by atoms with van der Waals surface area (Å²) in [5, 5.41) is 3.80. The lowest BCUT2D eigenvalue weighted by Crippen LogP contribution is -2.33. The molecule has 0 spiro atoms. The van der Waals surface area contributed by atoms with Gasteiger partial charge in [-0.05, 0) is 56.0 Å². The average molecular weight is 333 g/mol. The molecule has 3 nitrogen and oxygen atoms in total. The van der Waals surface area contributed by atoms with E-state index in [2.05, 4.69) is 5.32 Å². The maximum Gasteiger partial charge on any atom is 0.256 e. The van der Waals surface area contributed by atoms with Crippen molar-refractivity contribution in [3.05, 3.63) is 34.6 Å². The fourth-order valence-corrected chi connectivity index (χ4v) is 3.43. The minimum Gasteiger partial charge on any atom is -0.339 e. The molecule has 2 aliphatic heterocycles. The van der Waals surface area contributed by atoms with Gasteiger partial charge in [0, 0.05) is 18.1 Å². The summed E-state index contributed by atoms with van der Waals surface area (Å²) in [7, 11) is 0. The molecule has 2 fully saturated rings. The lowest BCUT2D eigenvalue weighted by Gasteiger charge is -2.21. The Labute approximate surface area is 135 Å². The summed E-state index contributed by atoms with van der Waals surface area (Å²) in [6, 6.07) is 4.14. The molecule has 0 bridgehead atoms. The van der Waals surface area contributed by atoms with E-state index in [1.807, 2.05) is 0 Å². The maximum atomic E-state index is 13.8. The predicted octanol–water partition coefficient (Wildman–Crippen LogP) is 2.97. The molecular formula is C15H19Cl2FN2O. The molecule has 2 atom stereocenters. The zero-order valence-corrected chi connectivity index (χ0v) is 13.2. The second-order valence-electron chi connectivity index (χ2n) is 5.67. The number of carbonyl (C=O) groups excluding carboxylic acids is 1. The summed E-state index contributed by atoms with van der Waals surface area (Å²) in [5.41, 5.74) is 0.0858. The van der Waals surface area contributed by atoms with Crippen LogP contribution in [0.15, 0.2) is 18.2 Å². The number of fused-ring (bicyclic) bond motifs is 1. The van der Waals surface area contributed by atoms with Crippen LogP contribution in [-0.2, 0) is 0 Å². The van der Waals surface area contributed by atoms with E-state index in [0.717, 1.165) is 25.9 Å². The van der Waals surface area contributed by atoms with Crippen molar-refractivity contribution >= 4 is 29.9 Å². The molecule has 21 heavy (non-hydrogen) atoms.